The molecule has 2 bridgehead atoms. The van der Waals surface area contributed by atoms with Crippen LogP contribution in [0.3, 0.4) is 0 Å². The highest BCUT2D eigenvalue weighted by molar-refractivity contribution is 6.31. The average Bonchev–Trinajstić information content (AvgIpc) is 2.96. The summed E-state index contributed by atoms with van der Waals surface area (Å²) >= 11 is 6.28. The van der Waals surface area contributed by atoms with Crippen LogP contribution < -0.4 is 16.0 Å². The van der Waals surface area contributed by atoms with Gasteiger partial charge in [0.15, 0.2) is 0 Å². The van der Waals surface area contributed by atoms with Crippen LogP contribution in [0.2, 0.25) is 5.02 Å². The summed E-state index contributed by atoms with van der Waals surface area (Å²) in [4.78, 5) is 22.8. The van der Waals surface area contributed by atoms with Crippen LogP contribution in [-0.4, -0.2) is 59.3 Å². The van der Waals surface area contributed by atoms with E-state index in [1.165, 1.54) is 32.1 Å². The molecule has 0 spiro atoms. The first-order chi connectivity index (χ1) is 19.5. The quantitative estimate of drug-likeness (QED) is 0.368. The molecule has 0 radical (unpaired) electrons. The number of fused-ring (bicyclic) bond motifs is 2. The summed E-state index contributed by atoms with van der Waals surface area (Å²) in [6.45, 7) is 5.11. The number of nitrogens with one attached hydrogen (secondary N) is 3. The summed E-state index contributed by atoms with van der Waals surface area (Å²) < 4.78 is 5.18. The molecule has 2 aromatic rings. The van der Waals surface area contributed by atoms with Gasteiger partial charge in [0.2, 0.25) is 5.95 Å². The first kappa shape index (κ1) is 28.4. The van der Waals surface area contributed by atoms with Crippen LogP contribution in [0, 0.1) is 29.1 Å². The number of carbonyl (C=O) groups is 1. The zero-order chi connectivity index (χ0) is 27.9. The number of ether oxygens (including phenoxy) is 1. The fraction of sp³-hybridized carbons (Fsp3) is 0.600. The minimum Gasteiger partial charge on any atom is -0.450 e. The van der Waals surface area contributed by atoms with Crippen LogP contribution in [0.1, 0.15) is 63.0 Å². The van der Waals surface area contributed by atoms with Crippen LogP contribution in [0.4, 0.5) is 16.6 Å². The van der Waals surface area contributed by atoms with Crippen molar-refractivity contribution in [2.24, 2.45) is 17.8 Å². The Hall–Kier alpha value is -3.09. The van der Waals surface area contributed by atoms with Crippen molar-refractivity contribution in [3.8, 4) is 6.07 Å². The minimum absolute atomic E-state index is 0.183. The predicted octanol–water partition coefficient (Wildman–Crippen LogP) is 5.43. The number of halogens is 1. The molecule has 3 aliphatic rings. The van der Waals surface area contributed by atoms with Gasteiger partial charge in [-0.15, -0.1) is 0 Å². The normalized spacial score (nSPS) is 24.7. The number of hydrogen-bond acceptors (Lipinski definition) is 8. The number of aromatic nitrogens is 2. The van der Waals surface area contributed by atoms with Crippen LogP contribution in [-0.2, 0) is 11.3 Å². The molecule has 214 valence electrons. The number of nitriles is 1. The number of carbonyl (C=O) groups excluding carboxylic acids is 1. The van der Waals surface area contributed by atoms with E-state index in [2.05, 4.69) is 32.0 Å². The maximum Gasteiger partial charge on any atom is 0.409 e. The lowest BCUT2D eigenvalue weighted by Gasteiger charge is -2.48. The summed E-state index contributed by atoms with van der Waals surface area (Å²) in [7, 11) is 0. The number of hydrogen-bond donors (Lipinski definition) is 3. The van der Waals surface area contributed by atoms with E-state index in [0.717, 1.165) is 38.0 Å². The lowest BCUT2D eigenvalue weighted by molar-refractivity contribution is 0.0642. The Kier molecular flexibility index (Phi) is 9.61. The Balaban J connectivity index is 1.14. The molecule has 2 saturated carbocycles. The Morgan fingerprint density at radius 2 is 1.90 bits per heavy atom. The third-order valence-corrected chi connectivity index (χ3v) is 9.12. The van der Waals surface area contributed by atoms with E-state index >= 15 is 0 Å². The summed E-state index contributed by atoms with van der Waals surface area (Å²) in [5.41, 5.74) is 1.42. The van der Waals surface area contributed by atoms with Crippen LogP contribution in [0.15, 0.2) is 30.5 Å². The summed E-state index contributed by atoms with van der Waals surface area (Å²) in [6.07, 6.45) is 9.54. The van der Waals surface area contributed by atoms with Crippen LogP contribution in [0.5, 0.6) is 0 Å². The van der Waals surface area contributed by atoms with E-state index in [4.69, 9.17) is 16.3 Å². The van der Waals surface area contributed by atoms with E-state index < -0.39 is 0 Å². The first-order valence-corrected chi connectivity index (χ1v) is 15.1. The maximum atomic E-state index is 12.1. The molecule has 1 amide bonds. The molecule has 5 rings (SSSR count). The summed E-state index contributed by atoms with van der Waals surface area (Å²) in [5, 5.41) is 21.1. The second kappa shape index (κ2) is 13.5. The van der Waals surface area contributed by atoms with Gasteiger partial charge < -0.3 is 25.6 Å². The first-order valence-electron chi connectivity index (χ1n) is 14.7. The molecule has 1 aliphatic heterocycles. The molecular formula is C30H40ClN7O2. The largest absolute Gasteiger partial charge is 0.450 e. The predicted molar refractivity (Wildman–Crippen MR) is 156 cm³/mol. The Morgan fingerprint density at radius 1 is 1.15 bits per heavy atom. The van der Waals surface area contributed by atoms with Crippen molar-refractivity contribution < 1.29 is 9.53 Å². The van der Waals surface area contributed by atoms with E-state index in [-0.39, 0.29) is 6.09 Å². The molecule has 1 saturated heterocycles. The third-order valence-electron chi connectivity index (χ3n) is 8.75. The van der Waals surface area contributed by atoms with Crippen LogP contribution >= 0.6 is 11.6 Å². The molecule has 1 aromatic carbocycles. The molecule has 3 fully saturated rings. The van der Waals surface area contributed by atoms with E-state index in [9.17, 15) is 10.1 Å². The number of likely N-dealkylation sites (tertiary alicyclic amines) is 1. The van der Waals surface area contributed by atoms with Crippen LogP contribution in [0.25, 0.3) is 0 Å². The molecule has 2 aliphatic carbocycles. The number of rotatable bonds is 9. The number of nitrogens with zero attached hydrogens (tertiary/aromatic N) is 4. The SMILES string of the molecule is CCOC(=O)N1CCC(NC2[C@@H]3CCC[C@H]2CC(CNc2nc(NCc4ccccc4Cl)ncc2C#N)C3)CC1. The highest BCUT2D eigenvalue weighted by Crippen LogP contribution is 2.43. The summed E-state index contributed by atoms with van der Waals surface area (Å²) in [5.74, 6) is 2.92. The van der Waals surface area contributed by atoms with E-state index in [1.54, 1.807) is 6.20 Å². The van der Waals surface area contributed by atoms with Crippen molar-refractivity contribution in [3.63, 3.8) is 0 Å². The summed E-state index contributed by atoms with van der Waals surface area (Å²) in [6, 6.07) is 10.9. The Labute approximate surface area is 242 Å². The van der Waals surface area contributed by atoms with Crippen molar-refractivity contribution in [1.29, 1.82) is 5.26 Å². The van der Waals surface area contributed by atoms with E-state index in [1.807, 2.05) is 36.1 Å². The van der Waals surface area contributed by atoms with Gasteiger partial charge in [0.1, 0.15) is 17.5 Å². The molecule has 40 heavy (non-hydrogen) atoms. The van der Waals surface area contributed by atoms with Gasteiger partial charge in [-0.25, -0.2) is 9.78 Å². The fourth-order valence-electron chi connectivity index (χ4n) is 6.76. The monoisotopic (exact) mass is 565 g/mol. The molecular weight excluding hydrogens is 526 g/mol. The number of benzene rings is 1. The third kappa shape index (κ3) is 6.97. The van der Waals surface area contributed by atoms with Crippen molar-refractivity contribution in [1.82, 2.24) is 20.2 Å². The standard InChI is InChI=1S/C30H40ClN7O2/c1-2-40-30(39)38-12-10-25(11-13-38)36-27-21-7-5-8-22(27)15-20(14-21)17-33-28-24(16-32)19-35-29(37-28)34-18-23-6-3-4-9-26(23)31/h3-4,6,9,19-22,25,27,36H,2,5,7-8,10-15,17-18H2,1H3,(H2,33,34,35,37)/t20?,21-,22+,27?. The van der Waals surface area contributed by atoms with Crippen molar-refractivity contribution in [2.75, 3.05) is 36.9 Å². The molecule has 9 nitrogen and oxygen atoms in total. The van der Waals surface area contributed by atoms with Gasteiger partial charge in [0.25, 0.3) is 0 Å². The van der Waals surface area contributed by atoms with Crippen molar-refractivity contribution >= 4 is 29.5 Å². The molecule has 3 N–H and O–H groups in total. The van der Waals surface area contributed by atoms with Gasteiger partial charge in [0.05, 0.1) is 12.8 Å². The number of piperidine rings is 1. The second-order valence-electron chi connectivity index (χ2n) is 11.3. The highest BCUT2D eigenvalue weighted by Gasteiger charge is 2.41. The molecule has 2 heterocycles. The molecule has 1 aromatic heterocycles. The van der Waals surface area contributed by atoms with Crippen molar-refractivity contribution in [2.45, 2.75) is 70.5 Å². The van der Waals surface area contributed by atoms with Gasteiger partial charge in [-0.3, -0.25) is 0 Å². The minimum atomic E-state index is -0.183. The topological polar surface area (TPSA) is 115 Å². The lowest BCUT2D eigenvalue weighted by Crippen LogP contribution is -2.55. The molecule has 4 atom stereocenters. The smallest absolute Gasteiger partial charge is 0.409 e. The van der Waals surface area contributed by atoms with Gasteiger partial charge in [0, 0.05) is 43.3 Å². The van der Waals surface area contributed by atoms with Gasteiger partial charge in [-0.1, -0.05) is 36.2 Å². The lowest BCUT2D eigenvalue weighted by atomic mass is 9.64. The van der Waals surface area contributed by atoms with E-state index in [0.29, 0.717) is 65.3 Å². The van der Waals surface area contributed by atoms with Gasteiger partial charge in [-0.2, -0.15) is 10.2 Å². The molecule has 2 unspecified atom stereocenters. The Bertz CT molecular complexity index is 1180. The Morgan fingerprint density at radius 3 is 2.60 bits per heavy atom. The average molecular weight is 566 g/mol. The zero-order valence-corrected chi connectivity index (χ0v) is 24.0. The second-order valence-corrected chi connectivity index (χ2v) is 11.7. The number of amides is 1. The fourth-order valence-corrected chi connectivity index (χ4v) is 6.97. The number of anilines is 2. The maximum absolute atomic E-state index is 12.1. The highest BCUT2D eigenvalue weighted by atomic mass is 35.5. The zero-order valence-electron chi connectivity index (χ0n) is 23.2. The van der Waals surface area contributed by atoms with Gasteiger partial charge in [-0.05, 0) is 74.8 Å². The molecule has 10 heteroatoms. The van der Waals surface area contributed by atoms with Crippen molar-refractivity contribution in [3.05, 3.63) is 46.6 Å². The van der Waals surface area contributed by atoms with Gasteiger partial charge >= 0.3 is 6.09 Å².